The van der Waals surface area contributed by atoms with E-state index in [1.165, 1.54) is 21.0 Å². The van der Waals surface area contributed by atoms with Gasteiger partial charge in [-0.3, -0.25) is 4.99 Å². The molecular weight excluding hydrogens is 463 g/mol. The van der Waals surface area contributed by atoms with Crippen LogP contribution in [0.5, 0.6) is 0 Å². The molecule has 1 aromatic rings. The molecule has 1 saturated heterocycles. The summed E-state index contributed by atoms with van der Waals surface area (Å²) < 4.78 is 25.1. The van der Waals surface area contributed by atoms with E-state index >= 15 is 0 Å². The second-order valence-electron chi connectivity index (χ2n) is 6.50. The van der Waals surface area contributed by atoms with E-state index in [4.69, 9.17) is 0 Å². The van der Waals surface area contributed by atoms with Gasteiger partial charge in [0.25, 0.3) is 0 Å². The number of nitrogens with zero attached hydrogens (tertiary/aromatic N) is 2. The summed E-state index contributed by atoms with van der Waals surface area (Å²) in [4.78, 5) is 4.50. The zero-order chi connectivity index (χ0) is 18.3. The zero-order valence-corrected chi connectivity index (χ0v) is 19.1. The smallest absolute Gasteiger partial charge is 0.214 e. The van der Waals surface area contributed by atoms with Crippen molar-refractivity contribution in [2.24, 2.45) is 4.99 Å². The highest BCUT2D eigenvalue weighted by atomic mass is 127. The molecule has 0 atom stereocenters. The molecule has 1 heterocycles. The van der Waals surface area contributed by atoms with Crippen molar-refractivity contribution in [3.63, 3.8) is 0 Å². The Bertz CT molecular complexity index is 687. The molecule has 2 rings (SSSR count). The van der Waals surface area contributed by atoms with Crippen LogP contribution in [0.15, 0.2) is 23.2 Å². The van der Waals surface area contributed by atoms with Gasteiger partial charge in [-0.05, 0) is 39.2 Å². The van der Waals surface area contributed by atoms with Gasteiger partial charge in [-0.1, -0.05) is 29.3 Å². The minimum Gasteiger partial charge on any atom is -0.357 e. The molecule has 0 radical (unpaired) electrons. The van der Waals surface area contributed by atoms with Crippen LogP contribution >= 0.6 is 24.0 Å². The molecule has 1 aliphatic heterocycles. The molecule has 8 heteroatoms. The number of guanidine groups is 1. The van der Waals surface area contributed by atoms with E-state index in [-0.39, 0.29) is 29.7 Å². The van der Waals surface area contributed by atoms with Crippen molar-refractivity contribution >= 4 is 40.0 Å². The summed E-state index contributed by atoms with van der Waals surface area (Å²) in [6, 6.07) is 6.59. The van der Waals surface area contributed by atoms with Gasteiger partial charge in [0.15, 0.2) is 5.96 Å². The Morgan fingerprint density at radius 1 is 1.19 bits per heavy atom. The minimum absolute atomic E-state index is 0. The third kappa shape index (κ3) is 7.40. The largest absolute Gasteiger partial charge is 0.357 e. The number of benzene rings is 1. The number of rotatable bonds is 7. The Morgan fingerprint density at radius 2 is 1.88 bits per heavy atom. The molecule has 6 nitrogen and oxygen atoms in total. The maximum atomic E-state index is 11.8. The number of hydrogen-bond acceptors (Lipinski definition) is 3. The van der Waals surface area contributed by atoms with Crippen LogP contribution in [0.2, 0.25) is 0 Å². The molecule has 0 amide bonds. The van der Waals surface area contributed by atoms with Gasteiger partial charge in [0.05, 0.1) is 12.3 Å². The van der Waals surface area contributed by atoms with Crippen molar-refractivity contribution in [3.8, 4) is 0 Å². The summed E-state index contributed by atoms with van der Waals surface area (Å²) in [5.41, 5.74) is 3.87. The number of aryl methyl sites for hydroxylation is 2. The van der Waals surface area contributed by atoms with E-state index in [0.717, 1.165) is 31.9 Å². The van der Waals surface area contributed by atoms with Gasteiger partial charge in [0.2, 0.25) is 10.0 Å². The third-order valence-corrected chi connectivity index (χ3v) is 6.11. The first-order valence-electron chi connectivity index (χ1n) is 8.98. The average molecular weight is 494 g/mol. The van der Waals surface area contributed by atoms with Crippen molar-refractivity contribution in [1.82, 2.24) is 14.9 Å². The summed E-state index contributed by atoms with van der Waals surface area (Å²) in [6.07, 6.45) is 1.65. The minimum atomic E-state index is -3.04. The van der Waals surface area contributed by atoms with Crippen molar-refractivity contribution < 1.29 is 8.42 Å². The molecule has 0 unspecified atom stereocenters. The molecule has 0 saturated carbocycles. The van der Waals surface area contributed by atoms with Crippen molar-refractivity contribution in [3.05, 3.63) is 34.9 Å². The number of aliphatic imine (C=N–C) groups is 1. The normalized spacial score (nSPS) is 17.0. The number of nitrogens with one attached hydrogen (secondary N) is 2. The van der Waals surface area contributed by atoms with Crippen LogP contribution in [0.3, 0.4) is 0 Å². The highest BCUT2D eigenvalue weighted by Crippen LogP contribution is 2.12. The maximum Gasteiger partial charge on any atom is 0.214 e. The van der Waals surface area contributed by atoms with Crippen molar-refractivity contribution in [2.45, 2.75) is 33.6 Å². The molecular formula is C18H31IN4O2S. The lowest BCUT2D eigenvalue weighted by Crippen LogP contribution is -2.39. The quantitative estimate of drug-likeness (QED) is 0.346. The summed E-state index contributed by atoms with van der Waals surface area (Å²) in [5, 5.41) is 6.53. The number of hydrogen-bond donors (Lipinski definition) is 2. The van der Waals surface area contributed by atoms with Crippen LogP contribution < -0.4 is 10.6 Å². The Labute approximate surface area is 174 Å². The summed E-state index contributed by atoms with van der Waals surface area (Å²) in [7, 11) is -3.04. The van der Waals surface area contributed by atoms with Crippen molar-refractivity contribution in [2.75, 3.05) is 38.5 Å². The van der Waals surface area contributed by atoms with Gasteiger partial charge in [-0.15, -0.1) is 24.0 Å². The highest BCUT2D eigenvalue weighted by Gasteiger charge is 2.27. The molecule has 0 spiro atoms. The summed E-state index contributed by atoms with van der Waals surface area (Å²) >= 11 is 0. The molecule has 1 aliphatic rings. The van der Waals surface area contributed by atoms with E-state index in [2.05, 4.69) is 47.7 Å². The number of halogens is 1. The fraction of sp³-hybridized carbons (Fsp3) is 0.611. The summed E-state index contributed by atoms with van der Waals surface area (Å²) in [6.45, 7) is 9.35. The second-order valence-corrected chi connectivity index (χ2v) is 8.59. The molecule has 148 valence electrons. The van der Waals surface area contributed by atoms with Crippen molar-refractivity contribution in [1.29, 1.82) is 0 Å². The predicted octanol–water partition coefficient (Wildman–Crippen LogP) is 2.05. The monoisotopic (exact) mass is 494 g/mol. The predicted molar refractivity (Wildman–Crippen MR) is 119 cm³/mol. The van der Waals surface area contributed by atoms with Gasteiger partial charge in [-0.25, -0.2) is 12.7 Å². The van der Waals surface area contributed by atoms with Gasteiger partial charge in [-0.2, -0.15) is 0 Å². The fourth-order valence-electron chi connectivity index (χ4n) is 3.10. The molecule has 1 fully saturated rings. The Hall–Kier alpha value is -0.870. The lowest BCUT2D eigenvalue weighted by Gasteiger charge is -2.14. The van der Waals surface area contributed by atoms with E-state index < -0.39 is 10.0 Å². The standard InChI is InChI=1S/C18H30N4O2S.HI/c1-4-19-18(21-8-10-22-9-5-11-25(22,23)24)20-7-6-17-13-15(2)12-16(3)14-17;/h12-14H,4-11H2,1-3H3,(H2,19,20,21);1H. The number of sulfonamides is 1. The zero-order valence-electron chi connectivity index (χ0n) is 15.9. The van der Waals surface area contributed by atoms with E-state index in [1.54, 1.807) is 0 Å². The van der Waals surface area contributed by atoms with E-state index in [9.17, 15) is 8.42 Å². The SMILES string of the molecule is CCNC(=NCCN1CCCS1(=O)=O)NCCc1cc(C)cc(C)c1.I. The molecule has 2 N–H and O–H groups in total. The maximum absolute atomic E-state index is 11.8. The Kier molecular flexibility index (Phi) is 9.88. The highest BCUT2D eigenvalue weighted by molar-refractivity contribution is 14.0. The van der Waals surface area contributed by atoms with Crippen LogP contribution in [-0.2, 0) is 16.4 Å². The Balaban J connectivity index is 0.00000338. The van der Waals surface area contributed by atoms with Crippen LogP contribution in [0.4, 0.5) is 0 Å². The van der Waals surface area contributed by atoms with Gasteiger partial charge in [0, 0.05) is 26.2 Å². The third-order valence-electron chi connectivity index (χ3n) is 4.15. The lowest BCUT2D eigenvalue weighted by atomic mass is 10.1. The molecule has 0 bridgehead atoms. The molecule has 26 heavy (non-hydrogen) atoms. The topological polar surface area (TPSA) is 73.8 Å². The first-order valence-corrected chi connectivity index (χ1v) is 10.6. The Morgan fingerprint density at radius 3 is 2.46 bits per heavy atom. The first kappa shape index (κ1) is 23.2. The van der Waals surface area contributed by atoms with Crippen LogP contribution in [-0.4, -0.2) is 57.2 Å². The van der Waals surface area contributed by atoms with Gasteiger partial charge < -0.3 is 10.6 Å². The molecule has 1 aromatic carbocycles. The second kappa shape index (κ2) is 11.1. The lowest BCUT2D eigenvalue weighted by molar-refractivity contribution is 0.452. The fourth-order valence-corrected chi connectivity index (χ4v) is 4.62. The van der Waals surface area contributed by atoms with E-state index in [1.807, 2.05) is 6.92 Å². The first-order chi connectivity index (χ1) is 11.9. The van der Waals surface area contributed by atoms with Gasteiger partial charge in [0.1, 0.15) is 0 Å². The van der Waals surface area contributed by atoms with Crippen LogP contribution in [0, 0.1) is 13.8 Å². The van der Waals surface area contributed by atoms with Gasteiger partial charge >= 0.3 is 0 Å². The van der Waals surface area contributed by atoms with Crippen LogP contribution in [0.1, 0.15) is 30.0 Å². The van der Waals surface area contributed by atoms with E-state index in [0.29, 0.717) is 19.6 Å². The summed E-state index contributed by atoms with van der Waals surface area (Å²) in [5.74, 6) is 1.01. The molecule has 0 aromatic heterocycles. The van der Waals surface area contributed by atoms with Crippen LogP contribution in [0.25, 0.3) is 0 Å². The average Bonchev–Trinajstić information content (AvgIpc) is 2.85. The molecule has 0 aliphatic carbocycles.